The van der Waals surface area contributed by atoms with Crippen LogP contribution in [0.2, 0.25) is 5.02 Å². The van der Waals surface area contributed by atoms with Gasteiger partial charge in [0.05, 0.1) is 24.4 Å². The third-order valence-corrected chi connectivity index (χ3v) is 6.99. The quantitative estimate of drug-likeness (QED) is 0.339. The first-order valence-electron chi connectivity index (χ1n) is 12.6. The van der Waals surface area contributed by atoms with Crippen molar-refractivity contribution in [3.05, 3.63) is 53.2 Å². The van der Waals surface area contributed by atoms with E-state index < -0.39 is 0 Å². The number of amides is 1. The molecule has 37 heavy (non-hydrogen) atoms. The number of benzene rings is 2. The summed E-state index contributed by atoms with van der Waals surface area (Å²) in [7, 11) is 0. The van der Waals surface area contributed by atoms with E-state index in [1.807, 2.05) is 12.1 Å². The van der Waals surface area contributed by atoms with Crippen LogP contribution in [0, 0.1) is 5.92 Å². The van der Waals surface area contributed by atoms with E-state index in [-0.39, 0.29) is 5.78 Å². The summed E-state index contributed by atoms with van der Waals surface area (Å²) in [5, 5.41) is 3.94. The molecule has 0 spiro atoms. The molecule has 3 aromatic rings. The molecule has 1 aromatic heterocycles. The number of morpholine rings is 1. The lowest BCUT2D eigenvalue weighted by Gasteiger charge is -2.26. The monoisotopic (exact) mass is 523 g/mol. The normalized spacial score (nSPS) is 15.9. The summed E-state index contributed by atoms with van der Waals surface area (Å²) in [5.41, 5.74) is 2.00. The fraction of sp³-hybridized carbons (Fsp3) is 0.393. The van der Waals surface area contributed by atoms with E-state index in [0.29, 0.717) is 70.6 Å². The molecule has 1 aliphatic heterocycles. The molecule has 2 aromatic carbocycles. The number of hydrogen-bond donors (Lipinski definition) is 1. The molecule has 9 heteroatoms. The van der Waals surface area contributed by atoms with Gasteiger partial charge in [-0.3, -0.25) is 19.5 Å². The minimum Gasteiger partial charge on any atom is -0.490 e. The highest BCUT2D eigenvalue weighted by Crippen LogP contribution is 2.37. The number of ketones is 1. The standard InChI is InChI=1S/C28H30ClN3O5/c29-24-15-22(4-3-20(24)14-21(34)13-19-1-2-19)37-27-5-6-30-25-17-28(26(31-18-33)16-23(25)27)36-12-9-32-7-10-35-11-8-32/h3-6,15-19H,1-2,7-14H2,(H,31,33). The third kappa shape index (κ3) is 6.77. The molecule has 1 saturated heterocycles. The van der Waals surface area contributed by atoms with Crippen LogP contribution in [0.5, 0.6) is 17.2 Å². The van der Waals surface area contributed by atoms with Gasteiger partial charge in [0.1, 0.15) is 29.6 Å². The zero-order valence-corrected chi connectivity index (χ0v) is 21.3. The number of ether oxygens (including phenoxy) is 3. The number of hydrogen-bond acceptors (Lipinski definition) is 7. The van der Waals surface area contributed by atoms with E-state index >= 15 is 0 Å². The largest absolute Gasteiger partial charge is 0.490 e. The lowest BCUT2D eigenvalue weighted by molar-refractivity contribution is -0.118. The summed E-state index contributed by atoms with van der Waals surface area (Å²) in [6.07, 6.45) is 5.55. The molecular weight excluding hydrogens is 494 g/mol. The number of rotatable bonds is 12. The second-order valence-electron chi connectivity index (χ2n) is 9.46. The molecule has 0 radical (unpaired) electrons. The first kappa shape index (κ1) is 25.4. The maximum absolute atomic E-state index is 12.3. The van der Waals surface area contributed by atoms with Crippen LogP contribution >= 0.6 is 11.6 Å². The predicted molar refractivity (Wildman–Crippen MR) is 142 cm³/mol. The smallest absolute Gasteiger partial charge is 0.211 e. The number of carbonyl (C=O) groups excluding carboxylic acids is 2. The Labute approximate surface area is 220 Å². The minimum atomic E-state index is 0.219. The second kappa shape index (κ2) is 11.9. The average molecular weight is 524 g/mol. The van der Waals surface area contributed by atoms with Crippen molar-refractivity contribution in [2.75, 3.05) is 44.8 Å². The zero-order chi connectivity index (χ0) is 25.6. The molecule has 2 heterocycles. The van der Waals surface area contributed by atoms with Crippen LogP contribution < -0.4 is 14.8 Å². The van der Waals surface area contributed by atoms with Crippen LogP contribution in [0.15, 0.2) is 42.6 Å². The molecule has 0 atom stereocenters. The fourth-order valence-electron chi connectivity index (χ4n) is 4.43. The first-order chi connectivity index (χ1) is 18.1. The van der Waals surface area contributed by atoms with E-state index in [1.54, 1.807) is 30.5 Å². The summed E-state index contributed by atoms with van der Waals surface area (Å²) in [6.45, 7) is 4.46. The molecule has 1 saturated carbocycles. The van der Waals surface area contributed by atoms with Crippen LogP contribution in [-0.4, -0.2) is 61.5 Å². The number of Topliss-reactive ketones (excluding diaryl/α,β-unsaturated/α-hetero) is 1. The highest BCUT2D eigenvalue weighted by Gasteiger charge is 2.24. The van der Waals surface area contributed by atoms with E-state index in [2.05, 4.69) is 15.2 Å². The van der Waals surface area contributed by atoms with Gasteiger partial charge in [-0.05, 0) is 48.6 Å². The van der Waals surface area contributed by atoms with Crippen LogP contribution in [0.1, 0.15) is 24.8 Å². The van der Waals surface area contributed by atoms with Gasteiger partial charge in [0, 0.05) is 55.1 Å². The van der Waals surface area contributed by atoms with E-state index in [4.69, 9.17) is 25.8 Å². The maximum atomic E-state index is 12.3. The first-order valence-corrected chi connectivity index (χ1v) is 13.0. The van der Waals surface area contributed by atoms with Gasteiger partial charge < -0.3 is 19.5 Å². The number of fused-ring (bicyclic) bond motifs is 1. The lowest BCUT2D eigenvalue weighted by Crippen LogP contribution is -2.38. The number of halogens is 1. The van der Waals surface area contributed by atoms with Gasteiger partial charge in [0.2, 0.25) is 6.41 Å². The van der Waals surface area contributed by atoms with Crippen molar-refractivity contribution in [3.8, 4) is 17.2 Å². The van der Waals surface area contributed by atoms with Gasteiger partial charge in [0.25, 0.3) is 0 Å². The Morgan fingerprint density at radius 1 is 1.16 bits per heavy atom. The second-order valence-corrected chi connectivity index (χ2v) is 9.86. The SMILES string of the molecule is O=CNc1cc2c(Oc3ccc(CC(=O)CC4CC4)c(Cl)c3)ccnc2cc1OCCN1CCOCC1. The van der Waals surface area contributed by atoms with Crippen molar-refractivity contribution in [1.29, 1.82) is 0 Å². The number of aromatic nitrogens is 1. The van der Waals surface area contributed by atoms with Gasteiger partial charge >= 0.3 is 0 Å². The Balaban J connectivity index is 1.31. The Hall–Kier alpha value is -3.20. The minimum absolute atomic E-state index is 0.219. The van der Waals surface area contributed by atoms with Crippen LogP contribution in [0.4, 0.5) is 5.69 Å². The molecule has 0 bridgehead atoms. The Morgan fingerprint density at radius 2 is 2.00 bits per heavy atom. The molecule has 1 amide bonds. The molecule has 2 aliphatic rings. The highest BCUT2D eigenvalue weighted by molar-refractivity contribution is 6.31. The Bertz CT molecular complexity index is 1270. The van der Waals surface area contributed by atoms with Gasteiger partial charge in [0.15, 0.2) is 0 Å². The van der Waals surface area contributed by atoms with Crippen molar-refractivity contribution in [2.45, 2.75) is 25.7 Å². The number of pyridine rings is 1. The fourth-order valence-corrected chi connectivity index (χ4v) is 4.67. The number of carbonyl (C=O) groups is 2. The summed E-state index contributed by atoms with van der Waals surface area (Å²) < 4.78 is 17.6. The van der Waals surface area contributed by atoms with Crippen LogP contribution in [-0.2, 0) is 20.7 Å². The third-order valence-electron chi connectivity index (χ3n) is 6.64. The summed E-state index contributed by atoms with van der Waals surface area (Å²) in [6, 6.07) is 10.7. The van der Waals surface area contributed by atoms with Gasteiger partial charge in [-0.1, -0.05) is 17.7 Å². The molecule has 5 rings (SSSR count). The summed E-state index contributed by atoms with van der Waals surface area (Å²) in [4.78, 5) is 30.3. The highest BCUT2D eigenvalue weighted by atomic mass is 35.5. The number of nitrogens with one attached hydrogen (secondary N) is 1. The molecule has 1 aliphatic carbocycles. The maximum Gasteiger partial charge on any atom is 0.211 e. The molecular formula is C28H30ClN3O5. The van der Waals surface area contributed by atoms with Crippen LogP contribution in [0.3, 0.4) is 0 Å². The van der Waals surface area contributed by atoms with E-state index in [9.17, 15) is 9.59 Å². The summed E-state index contributed by atoms with van der Waals surface area (Å²) >= 11 is 6.48. The Morgan fingerprint density at radius 3 is 2.76 bits per heavy atom. The lowest BCUT2D eigenvalue weighted by atomic mass is 10.0. The van der Waals surface area contributed by atoms with Crippen LogP contribution in [0.25, 0.3) is 10.9 Å². The van der Waals surface area contributed by atoms with E-state index in [1.165, 1.54) is 0 Å². The Kier molecular flexibility index (Phi) is 8.18. The molecule has 8 nitrogen and oxygen atoms in total. The molecule has 194 valence electrons. The number of anilines is 1. The van der Waals surface area contributed by atoms with Crippen molar-refractivity contribution in [1.82, 2.24) is 9.88 Å². The summed E-state index contributed by atoms with van der Waals surface area (Å²) in [5.74, 6) is 2.43. The van der Waals surface area contributed by atoms with Gasteiger partial charge in [-0.15, -0.1) is 0 Å². The van der Waals surface area contributed by atoms with Gasteiger partial charge in [-0.2, -0.15) is 0 Å². The van der Waals surface area contributed by atoms with Crippen molar-refractivity contribution < 1.29 is 23.8 Å². The molecule has 2 fully saturated rings. The number of nitrogens with zero attached hydrogens (tertiary/aromatic N) is 2. The predicted octanol–water partition coefficient (Wildman–Crippen LogP) is 4.87. The van der Waals surface area contributed by atoms with Crippen molar-refractivity contribution >= 4 is 40.4 Å². The van der Waals surface area contributed by atoms with E-state index in [0.717, 1.165) is 51.3 Å². The van der Waals surface area contributed by atoms with Gasteiger partial charge in [-0.25, -0.2) is 0 Å². The molecule has 1 N–H and O–H groups in total. The van der Waals surface area contributed by atoms with Crippen molar-refractivity contribution in [3.63, 3.8) is 0 Å². The zero-order valence-electron chi connectivity index (χ0n) is 20.6. The molecule has 0 unspecified atom stereocenters. The topological polar surface area (TPSA) is 90.0 Å². The van der Waals surface area contributed by atoms with Crippen molar-refractivity contribution in [2.24, 2.45) is 5.92 Å². The average Bonchev–Trinajstić information content (AvgIpc) is 3.71.